The van der Waals surface area contributed by atoms with E-state index >= 15 is 0 Å². The van der Waals surface area contributed by atoms with Crippen molar-refractivity contribution < 1.29 is 104 Å². The van der Waals surface area contributed by atoms with Gasteiger partial charge in [0.2, 0.25) is 9.41 Å². The van der Waals surface area contributed by atoms with Crippen molar-refractivity contribution in [3.8, 4) is 0 Å². The van der Waals surface area contributed by atoms with Crippen molar-refractivity contribution in [3.05, 3.63) is 182 Å². The number of non-ortho nitro benzene ring substituents is 1. The number of methoxy groups -OCH3 is 4. The molecule has 118 heavy (non-hydrogen) atoms. The van der Waals surface area contributed by atoms with Crippen molar-refractivity contribution in [1.29, 1.82) is 2.86 Å². The number of H-pyrrole nitrogens is 4. The molecule has 4 saturated heterocycles. The van der Waals surface area contributed by atoms with Crippen LogP contribution in [0.1, 0.15) is 142 Å². The third kappa shape index (κ3) is 27.8. The molecule has 1 aromatic carbocycles. The van der Waals surface area contributed by atoms with Crippen LogP contribution in [0.25, 0.3) is 4.85 Å². The highest BCUT2D eigenvalue weighted by Crippen LogP contribution is 2.51. The second-order valence-electron chi connectivity index (χ2n) is 27.8. The summed E-state index contributed by atoms with van der Waals surface area (Å²) in [6, 6.07) is 5.22. The third-order valence-electron chi connectivity index (χ3n) is 18.8. The molecule has 5 aromatic rings. The minimum atomic E-state index is -1.66. The van der Waals surface area contributed by atoms with Gasteiger partial charge in [0.25, 0.3) is 36.5 Å². The molecule has 0 radical (unpaired) electrons. The van der Waals surface area contributed by atoms with Crippen LogP contribution in [-0.2, 0) is 70.6 Å². The summed E-state index contributed by atoms with van der Waals surface area (Å²) in [6.07, 6.45) is -7.85. The number of carbonyl (C=O) groups is 1. The van der Waals surface area contributed by atoms with Crippen molar-refractivity contribution in [2.75, 3.05) is 109 Å². The average Bonchev–Trinajstić information content (AvgIpc) is 1.63. The van der Waals surface area contributed by atoms with Crippen molar-refractivity contribution in [2.24, 2.45) is 11.8 Å². The van der Waals surface area contributed by atoms with E-state index in [1.54, 1.807) is 69.6 Å². The molecular weight excluding hydrogens is 1580 g/mol. The highest BCUT2D eigenvalue weighted by atomic mass is 31.2. The van der Waals surface area contributed by atoms with Crippen LogP contribution in [0.2, 0.25) is 0 Å². The molecule has 664 valence electrons. The van der Waals surface area contributed by atoms with Crippen LogP contribution >= 0.6 is 8.53 Å². The van der Waals surface area contributed by atoms with E-state index in [1.807, 2.05) is 41.5 Å². The number of rotatable bonds is 35. The molecule has 4 aliphatic heterocycles. The maximum atomic E-state index is 12.7. The van der Waals surface area contributed by atoms with Crippen LogP contribution < -0.4 is 45.0 Å². The van der Waals surface area contributed by atoms with Crippen LogP contribution in [0, 0.1) is 56.2 Å². The highest BCUT2D eigenvalue weighted by Gasteiger charge is 2.52. The number of aliphatic hydroxyl groups excluding tert-OH is 4. The van der Waals surface area contributed by atoms with Gasteiger partial charge < -0.3 is 95.9 Å². The molecule has 21 atom stereocenters. The molecule has 0 amide bonds. The highest BCUT2D eigenvalue weighted by molar-refractivity contribution is 7.44. The topological polar surface area (TPSA) is 507 Å². The van der Waals surface area contributed by atoms with Crippen molar-refractivity contribution in [3.63, 3.8) is 0 Å². The number of nitrogens with one attached hydrogen (secondary N) is 4. The Morgan fingerprint density at radius 1 is 0.585 bits per heavy atom. The predicted octanol–water partition coefficient (Wildman–Crippen LogP) is 2.97. The van der Waals surface area contributed by atoms with Crippen LogP contribution in [0.4, 0.5) is 5.69 Å². The maximum absolute atomic E-state index is 12.7. The lowest BCUT2D eigenvalue weighted by molar-refractivity contribution is -0.384. The number of nitro benzene ring substituents is 1. The molecule has 8 N–H and O–H groups in total. The SMILES string of the molecule is COCCO[C@@H]1[C@H](C)[C@@H]([C@H](C)O)O[C@H]1n1cc(C)c(=O)[nH]c1=O.COCCO[C@@H]1[C@H](C)[C@@H]([C@H](C)OC(=O)c2ccc([N+](=O)[O-])cc2)O[C@H]1n1cc(C)c(=O)[nH]c1=O.[2H][C@H](C)[C@H]1O[C@@H](n2cc(C)c(=O)[nH]c2=O)[C@H](OCCOC)[C@@H]1O.[2H][C@H](C)[C@H]1O[C@@H](n2cc(C)c(=O)[nH]c2=O)[C@H](OCCOC)[C@@H]1OP(OCC[N+]#[C-])N(C(C)C)C(C)C.[3H]OC.[3H]OC. The van der Waals surface area contributed by atoms with E-state index in [1.165, 1.54) is 95.8 Å². The lowest BCUT2D eigenvalue weighted by atomic mass is 9.96. The van der Waals surface area contributed by atoms with Gasteiger partial charge in [-0.1, -0.05) is 27.7 Å². The Morgan fingerprint density at radius 3 is 1.29 bits per heavy atom. The molecule has 4 aromatic heterocycles. The molecule has 9 rings (SSSR count). The molecule has 0 saturated carbocycles. The smallest absolute Gasteiger partial charge is 0.338 e. The van der Waals surface area contributed by atoms with Crippen LogP contribution in [0.5, 0.6) is 0 Å². The summed E-state index contributed by atoms with van der Waals surface area (Å²) in [7, 11) is 7.11. The maximum Gasteiger partial charge on any atom is 0.338 e. The average molecular weight is 1700 g/mol. The van der Waals surface area contributed by atoms with E-state index in [0.717, 1.165) is 0 Å². The second-order valence-corrected chi connectivity index (χ2v) is 29.2. The number of benzene rings is 1. The van der Waals surface area contributed by atoms with E-state index < -0.39 is 175 Å². The molecule has 4 aliphatic rings. The third-order valence-corrected chi connectivity index (χ3v) is 21.0. The number of aromatic nitrogens is 8. The zero-order chi connectivity index (χ0) is 91.7. The fourth-order valence-corrected chi connectivity index (χ4v) is 14.8. The molecule has 4 fully saturated rings. The quantitative estimate of drug-likeness (QED) is 0.00722. The van der Waals surface area contributed by atoms with Gasteiger partial charge in [0.05, 0.1) is 87.8 Å². The first-order chi connectivity index (χ1) is 57.7. The summed E-state index contributed by atoms with van der Waals surface area (Å²) < 4.78 is 120. The van der Waals surface area contributed by atoms with Crippen molar-refractivity contribution in [2.45, 2.75) is 220 Å². The molecule has 41 nitrogen and oxygen atoms in total. The summed E-state index contributed by atoms with van der Waals surface area (Å²) in [5, 5.41) is 38.1. The number of carbonyl (C=O) groups excluding carboxylic acids is 1. The van der Waals surface area contributed by atoms with E-state index in [9.17, 15) is 63.5 Å². The molecule has 1 unspecified atom stereocenters. The number of aliphatic hydroxyl groups is 4. The van der Waals surface area contributed by atoms with Gasteiger partial charge in [-0.05, 0) is 94.2 Å². The number of hydrogen-bond acceptors (Lipinski definition) is 31. The van der Waals surface area contributed by atoms with Gasteiger partial charge in [-0.2, -0.15) is 0 Å². The van der Waals surface area contributed by atoms with Gasteiger partial charge in [0.1, 0.15) is 55.4 Å². The molecule has 0 spiro atoms. The van der Waals surface area contributed by atoms with E-state index in [4.69, 9.17) is 82.8 Å². The van der Waals surface area contributed by atoms with Crippen molar-refractivity contribution in [1.82, 2.24) is 42.9 Å². The van der Waals surface area contributed by atoms with Crippen LogP contribution in [0.15, 0.2) is 87.4 Å². The van der Waals surface area contributed by atoms with Crippen LogP contribution in [0.3, 0.4) is 0 Å². The van der Waals surface area contributed by atoms with Gasteiger partial charge in [-0.3, -0.25) is 67.5 Å². The largest absolute Gasteiger partial charge is 0.456 e. The molecule has 0 aliphatic carbocycles. The molecule has 0 bridgehead atoms. The summed E-state index contributed by atoms with van der Waals surface area (Å²) in [4.78, 5) is 131. The Labute approximate surface area is 689 Å². The van der Waals surface area contributed by atoms with Gasteiger partial charge in [0.15, 0.2) is 24.9 Å². The zero-order valence-corrected chi connectivity index (χ0v) is 71.2. The number of hydrogen-bond donors (Lipinski definition) is 8. The fourth-order valence-electron chi connectivity index (χ4n) is 13.0. The standard InChI is InChI=1S/C23H39N4O7P.C22H27N3O9.C15H24N2O6.C14H22N2O6.2CH4O/c1-9-18-19(34-35(32-11-10-24-7)27(15(2)3)16(4)5)20(31-13-12-30-8)22(33-18)26-14-17(6)21(28)25-23(26)29;1-12-11-24(22(28)23-19(12)26)20-18(32-10-9-31-4)13(2)17(34-20)14(3)33-21(27)15-5-7-16(8-6-15)25(29)30;1-8-7-17(15(20)16-13(8)19)14-12(22-6-5-21-4)9(2)11(23-14)10(3)18;1-4-9-10(17)11(21-6-5-20-3)13(22-9)16-7-8(2)12(18)15-14(16)19;2*1-2/h14-16,18-20,22H,9-13H2,1-6,8H3,(H,25,28,29);5-8,11,13-14,17-18,20H,9-10H2,1-4H3,(H,23,26,28);7,9-12,14,18H,5-6H2,1-4H3,(H,16,19,20);7,9-11,13,17H,4-6H2,1-3H3,(H,15,18,19);2*2H,1H3/t18-,19-,20-,22-,35?;13-,14+,17+,18-,20-;9-,10+,11+,12-,14-;9-,10-,11-,13-;;/m1111../s1/i9D;;;4D;2*2T/t9-,18-,19-,20-,22-,35?;;;4-,9-,10-,11-,13-;;. The number of aromatic amines is 4. The van der Waals surface area contributed by atoms with Crippen molar-refractivity contribution >= 4 is 20.2 Å². The first-order valence-electron chi connectivity index (χ1n) is 39.9. The Balaban J connectivity index is 0.000000339. The zero-order valence-electron chi connectivity index (χ0n) is 74.3. The minimum absolute atomic E-state index is 0.0753. The monoisotopic (exact) mass is 1700 g/mol. The van der Waals surface area contributed by atoms with Crippen LogP contribution in [-0.4, -0.2) is 271 Å². The normalized spacial score (nSPS) is 25.5. The number of ether oxygens (including phenoxy) is 13. The number of nitrogens with zero attached hydrogens (tertiary/aromatic N) is 7. The lowest BCUT2D eigenvalue weighted by Crippen LogP contribution is -2.42. The van der Waals surface area contributed by atoms with E-state index in [-0.39, 0.29) is 68.1 Å². The number of nitro groups is 1. The van der Waals surface area contributed by atoms with Gasteiger partial charge in [-0.25, -0.2) is 35.2 Å². The summed E-state index contributed by atoms with van der Waals surface area (Å²) in [5.41, 5.74) is -2.99. The molecule has 8 heterocycles. The lowest BCUT2D eigenvalue weighted by Gasteiger charge is -2.38. The first kappa shape index (κ1) is 95.4. The Hall–Kier alpha value is -8.03. The van der Waals surface area contributed by atoms with Gasteiger partial charge >= 0.3 is 28.7 Å². The fraction of sp³-hybridized carbons (Fsp3) is 0.684. The molecular formula is C76H120N11O30P. The number of esters is 1. The Bertz CT molecular complexity index is 4440. The molecule has 42 heteroatoms. The second kappa shape index (κ2) is 50.9. The minimum Gasteiger partial charge on any atom is -0.456 e. The Morgan fingerprint density at radius 2 is 0.932 bits per heavy atom. The van der Waals surface area contributed by atoms with Gasteiger partial charge in [0, 0.05) is 128 Å². The predicted molar refractivity (Wildman–Crippen MR) is 429 cm³/mol. The van der Waals surface area contributed by atoms with E-state index in [2.05, 4.69) is 39.7 Å². The summed E-state index contributed by atoms with van der Waals surface area (Å²) in [6.45, 7) is 34.6. The van der Waals surface area contributed by atoms with Gasteiger partial charge in [-0.15, -0.1) is 0 Å². The summed E-state index contributed by atoms with van der Waals surface area (Å²) in [5.74, 6) is -1.10. The Kier molecular flexibility index (Phi) is 41.2. The summed E-state index contributed by atoms with van der Waals surface area (Å²) >= 11 is 0. The number of aryl methyl sites for hydroxylation is 4. The first-order valence-corrected chi connectivity index (χ1v) is 39.0. The van der Waals surface area contributed by atoms with E-state index in [0.29, 0.717) is 55.3 Å².